The number of ether oxygens (including phenoxy) is 2. The van der Waals surface area contributed by atoms with Crippen LogP contribution in [0.2, 0.25) is 0 Å². The van der Waals surface area contributed by atoms with Crippen LogP contribution in [-0.4, -0.2) is 51.6 Å². The first-order valence-electron chi connectivity index (χ1n) is 8.68. The highest BCUT2D eigenvalue weighted by Crippen LogP contribution is 2.20. The van der Waals surface area contributed by atoms with Crippen LogP contribution in [0.25, 0.3) is 0 Å². The summed E-state index contributed by atoms with van der Waals surface area (Å²) in [4.78, 5) is 14.5. The molecule has 0 bridgehead atoms. The molecule has 2 rings (SSSR count). The van der Waals surface area contributed by atoms with Gasteiger partial charge in [0.15, 0.2) is 0 Å². The summed E-state index contributed by atoms with van der Waals surface area (Å²) >= 11 is 0. The average molecular weight is 335 g/mol. The molecule has 6 nitrogen and oxygen atoms in total. The van der Waals surface area contributed by atoms with Crippen LogP contribution in [0.3, 0.4) is 0 Å². The van der Waals surface area contributed by atoms with E-state index in [9.17, 15) is 4.79 Å². The fraction of sp³-hybridized carbons (Fsp3) is 0.611. The Morgan fingerprint density at radius 2 is 2.08 bits per heavy atom. The molecule has 0 aromatic heterocycles. The van der Waals surface area contributed by atoms with Gasteiger partial charge in [-0.1, -0.05) is 19.9 Å². The Bertz CT molecular complexity index is 516. The molecular formula is C18H29N3O3. The summed E-state index contributed by atoms with van der Waals surface area (Å²) in [6, 6.07) is 7.70. The highest BCUT2D eigenvalue weighted by atomic mass is 16.5. The van der Waals surface area contributed by atoms with Gasteiger partial charge in [0.1, 0.15) is 0 Å². The first-order chi connectivity index (χ1) is 11.6. The largest absolute Gasteiger partial charge is 0.380 e. The molecule has 1 aromatic rings. The fourth-order valence-corrected chi connectivity index (χ4v) is 2.58. The summed E-state index contributed by atoms with van der Waals surface area (Å²) in [5, 5.41) is 5.91. The van der Waals surface area contributed by atoms with Crippen molar-refractivity contribution in [3.63, 3.8) is 0 Å². The molecule has 1 saturated heterocycles. The second-order valence-corrected chi connectivity index (χ2v) is 6.26. The molecule has 1 aliphatic heterocycles. The van der Waals surface area contributed by atoms with Gasteiger partial charge in [0.05, 0.1) is 25.9 Å². The van der Waals surface area contributed by atoms with Crippen LogP contribution in [0, 0.1) is 5.92 Å². The first-order valence-corrected chi connectivity index (χ1v) is 8.68. The molecule has 134 valence electrons. The molecule has 24 heavy (non-hydrogen) atoms. The van der Waals surface area contributed by atoms with Gasteiger partial charge in [-0.3, -0.25) is 0 Å². The molecule has 1 aromatic carbocycles. The van der Waals surface area contributed by atoms with E-state index in [1.54, 1.807) is 0 Å². The minimum absolute atomic E-state index is 0.00706. The predicted octanol–water partition coefficient (Wildman–Crippen LogP) is 2.71. The Labute approximate surface area is 144 Å². The Morgan fingerprint density at radius 3 is 2.75 bits per heavy atom. The highest BCUT2D eigenvalue weighted by molar-refractivity contribution is 5.90. The monoisotopic (exact) mass is 335 g/mol. The van der Waals surface area contributed by atoms with E-state index in [1.807, 2.05) is 25.1 Å². The van der Waals surface area contributed by atoms with Crippen molar-refractivity contribution in [2.24, 2.45) is 5.92 Å². The van der Waals surface area contributed by atoms with Gasteiger partial charge in [-0.2, -0.15) is 0 Å². The number of anilines is 2. The molecule has 1 aliphatic rings. The van der Waals surface area contributed by atoms with Crippen LogP contribution >= 0.6 is 0 Å². The third-order valence-electron chi connectivity index (χ3n) is 4.10. The van der Waals surface area contributed by atoms with Crippen molar-refractivity contribution in [2.45, 2.75) is 26.8 Å². The molecule has 2 N–H and O–H groups in total. The van der Waals surface area contributed by atoms with Gasteiger partial charge in [0.25, 0.3) is 0 Å². The van der Waals surface area contributed by atoms with Gasteiger partial charge in [-0.05, 0) is 31.0 Å². The van der Waals surface area contributed by atoms with E-state index in [0.29, 0.717) is 19.1 Å². The van der Waals surface area contributed by atoms with Crippen LogP contribution in [0.15, 0.2) is 24.3 Å². The Balaban J connectivity index is 1.93. The molecule has 6 heteroatoms. The standard InChI is InChI=1S/C18H29N3O3/c1-4-23-13-17(14(2)3)20-18(22)19-15-6-5-7-16(12-15)21-8-10-24-11-9-21/h5-7,12,14,17H,4,8-11,13H2,1-3H3,(H2,19,20,22). The van der Waals surface area contributed by atoms with Crippen LogP contribution in [0.4, 0.5) is 16.2 Å². The third kappa shape index (κ3) is 5.69. The molecule has 1 fully saturated rings. The molecule has 0 radical (unpaired) electrons. The van der Waals surface area contributed by atoms with E-state index < -0.39 is 0 Å². The molecule has 0 saturated carbocycles. The maximum Gasteiger partial charge on any atom is 0.319 e. The molecule has 1 heterocycles. The number of hydrogen-bond donors (Lipinski definition) is 2. The summed E-state index contributed by atoms with van der Waals surface area (Å²) in [6.07, 6.45) is 0. The van der Waals surface area contributed by atoms with Crippen molar-refractivity contribution in [1.82, 2.24) is 5.32 Å². The summed E-state index contributed by atoms with van der Waals surface area (Å²) < 4.78 is 10.8. The number of rotatable bonds is 7. The Kier molecular flexibility index (Phi) is 7.34. The molecule has 2 amide bonds. The predicted molar refractivity (Wildman–Crippen MR) is 96.7 cm³/mol. The number of amides is 2. The maximum absolute atomic E-state index is 12.3. The minimum Gasteiger partial charge on any atom is -0.380 e. The van der Waals surface area contributed by atoms with E-state index in [0.717, 1.165) is 37.7 Å². The maximum atomic E-state index is 12.3. The van der Waals surface area contributed by atoms with Crippen molar-refractivity contribution in [3.05, 3.63) is 24.3 Å². The minimum atomic E-state index is -0.201. The number of morpholine rings is 1. The lowest BCUT2D eigenvalue weighted by Crippen LogP contribution is -2.44. The molecular weight excluding hydrogens is 306 g/mol. The van der Waals surface area contributed by atoms with Gasteiger partial charge >= 0.3 is 6.03 Å². The van der Waals surface area contributed by atoms with Crippen molar-refractivity contribution < 1.29 is 14.3 Å². The molecule has 1 unspecified atom stereocenters. The summed E-state index contributed by atoms with van der Waals surface area (Å²) in [7, 11) is 0. The van der Waals surface area contributed by atoms with E-state index >= 15 is 0 Å². The quantitative estimate of drug-likeness (QED) is 0.804. The van der Waals surface area contributed by atoms with Crippen molar-refractivity contribution in [3.8, 4) is 0 Å². The lowest BCUT2D eigenvalue weighted by Gasteiger charge is -2.29. The smallest absolute Gasteiger partial charge is 0.319 e. The van der Waals surface area contributed by atoms with E-state index in [4.69, 9.17) is 9.47 Å². The van der Waals surface area contributed by atoms with Gasteiger partial charge in [-0.25, -0.2) is 4.79 Å². The number of nitrogens with one attached hydrogen (secondary N) is 2. The van der Waals surface area contributed by atoms with Crippen LogP contribution in [-0.2, 0) is 9.47 Å². The number of carbonyl (C=O) groups excluding carboxylic acids is 1. The number of carbonyl (C=O) groups is 1. The van der Waals surface area contributed by atoms with E-state index in [-0.39, 0.29) is 12.1 Å². The zero-order valence-corrected chi connectivity index (χ0v) is 14.9. The van der Waals surface area contributed by atoms with Crippen molar-refractivity contribution in [1.29, 1.82) is 0 Å². The lowest BCUT2D eigenvalue weighted by molar-refractivity contribution is 0.111. The normalized spacial score (nSPS) is 16.1. The van der Waals surface area contributed by atoms with Gasteiger partial charge in [-0.15, -0.1) is 0 Å². The average Bonchev–Trinajstić information content (AvgIpc) is 2.59. The molecule has 0 aliphatic carbocycles. The lowest BCUT2D eigenvalue weighted by atomic mass is 10.1. The van der Waals surface area contributed by atoms with Crippen LogP contribution in [0.5, 0.6) is 0 Å². The van der Waals surface area contributed by atoms with Crippen LogP contribution < -0.4 is 15.5 Å². The highest BCUT2D eigenvalue weighted by Gasteiger charge is 2.17. The second-order valence-electron chi connectivity index (χ2n) is 6.26. The Morgan fingerprint density at radius 1 is 1.33 bits per heavy atom. The second kappa shape index (κ2) is 9.49. The topological polar surface area (TPSA) is 62.8 Å². The fourth-order valence-electron chi connectivity index (χ4n) is 2.58. The summed E-state index contributed by atoms with van der Waals surface area (Å²) in [5.41, 5.74) is 1.89. The number of hydrogen-bond acceptors (Lipinski definition) is 4. The number of urea groups is 1. The third-order valence-corrected chi connectivity index (χ3v) is 4.10. The van der Waals surface area contributed by atoms with Gasteiger partial charge in [0, 0.05) is 31.1 Å². The van der Waals surface area contributed by atoms with E-state index in [1.165, 1.54) is 0 Å². The Hall–Kier alpha value is -1.79. The summed E-state index contributed by atoms with van der Waals surface area (Å²) in [6.45, 7) is 10.5. The number of benzene rings is 1. The molecule has 1 atom stereocenters. The van der Waals surface area contributed by atoms with Crippen molar-refractivity contribution in [2.75, 3.05) is 49.7 Å². The van der Waals surface area contributed by atoms with Gasteiger partial charge in [0.2, 0.25) is 0 Å². The molecule has 0 spiro atoms. The van der Waals surface area contributed by atoms with E-state index in [2.05, 4.69) is 35.4 Å². The van der Waals surface area contributed by atoms with Crippen molar-refractivity contribution >= 4 is 17.4 Å². The zero-order valence-electron chi connectivity index (χ0n) is 14.9. The first kappa shape index (κ1) is 18.5. The zero-order chi connectivity index (χ0) is 17.4. The van der Waals surface area contributed by atoms with Gasteiger partial charge < -0.3 is 25.0 Å². The van der Waals surface area contributed by atoms with Crippen LogP contribution in [0.1, 0.15) is 20.8 Å². The number of nitrogens with zero attached hydrogens (tertiary/aromatic N) is 1. The SMILES string of the molecule is CCOCC(NC(=O)Nc1cccc(N2CCOCC2)c1)C(C)C. The summed E-state index contributed by atoms with van der Waals surface area (Å²) in [5.74, 6) is 0.307.